The molecular formula is C13H13NO2. The molecule has 0 saturated carbocycles. The predicted molar refractivity (Wildman–Crippen MR) is 62.1 cm³/mol. The van der Waals surface area contributed by atoms with Gasteiger partial charge in [0.2, 0.25) is 0 Å². The lowest BCUT2D eigenvalue weighted by Crippen LogP contribution is -1.92. The standard InChI is InChI=1S/C13H13NO2/c1-16-11-6-7-14-13(8-11)12-5-3-2-4-10(12)9-15/h2-8,15H,9H2,1H3. The summed E-state index contributed by atoms with van der Waals surface area (Å²) in [5, 5.41) is 9.25. The van der Waals surface area contributed by atoms with Crippen molar-refractivity contribution in [1.82, 2.24) is 4.98 Å². The third-order valence-corrected chi connectivity index (χ3v) is 2.43. The third-order valence-electron chi connectivity index (χ3n) is 2.43. The van der Waals surface area contributed by atoms with Gasteiger partial charge in [0.05, 0.1) is 19.4 Å². The van der Waals surface area contributed by atoms with Crippen LogP contribution in [0.2, 0.25) is 0 Å². The summed E-state index contributed by atoms with van der Waals surface area (Å²) >= 11 is 0. The minimum atomic E-state index is 0.00899. The molecule has 16 heavy (non-hydrogen) atoms. The molecular weight excluding hydrogens is 202 g/mol. The highest BCUT2D eigenvalue weighted by molar-refractivity contribution is 5.64. The van der Waals surface area contributed by atoms with Gasteiger partial charge in [-0.3, -0.25) is 4.98 Å². The number of aliphatic hydroxyl groups excluding tert-OH is 1. The fraction of sp³-hybridized carbons (Fsp3) is 0.154. The number of methoxy groups -OCH3 is 1. The predicted octanol–water partition coefficient (Wildman–Crippen LogP) is 2.25. The first-order valence-corrected chi connectivity index (χ1v) is 5.04. The molecule has 2 rings (SSSR count). The monoisotopic (exact) mass is 215 g/mol. The zero-order chi connectivity index (χ0) is 11.4. The maximum absolute atomic E-state index is 9.25. The zero-order valence-electron chi connectivity index (χ0n) is 9.05. The summed E-state index contributed by atoms with van der Waals surface area (Å²) in [5.74, 6) is 0.762. The molecule has 0 amide bonds. The number of nitrogens with zero attached hydrogens (tertiary/aromatic N) is 1. The van der Waals surface area contributed by atoms with E-state index in [-0.39, 0.29) is 6.61 Å². The molecule has 0 atom stereocenters. The van der Waals surface area contributed by atoms with Crippen LogP contribution >= 0.6 is 0 Å². The molecule has 0 spiro atoms. The average Bonchev–Trinajstić information content (AvgIpc) is 2.38. The molecule has 1 aromatic carbocycles. The second-order valence-corrected chi connectivity index (χ2v) is 3.40. The van der Waals surface area contributed by atoms with E-state index in [2.05, 4.69) is 4.98 Å². The Morgan fingerprint density at radius 3 is 2.81 bits per heavy atom. The summed E-state index contributed by atoms with van der Waals surface area (Å²) in [6, 6.07) is 11.3. The van der Waals surface area contributed by atoms with Crippen molar-refractivity contribution in [2.75, 3.05) is 7.11 Å². The van der Waals surface area contributed by atoms with Gasteiger partial charge in [-0.05, 0) is 11.6 Å². The second kappa shape index (κ2) is 4.77. The van der Waals surface area contributed by atoms with Crippen LogP contribution < -0.4 is 4.74 Å². The van der Waals surface area contributed by atoms with Crippen LogP contribution in [-0.2, 0) is 6.61 Å². The van der Waals surface area contributed by atoms with Gasteiger partial charge in [0, 0.05) is 17.8 Å². The maximum atomic E-state index is 9.25. The summed E-state index contributed by atoms with van der Waals surface area (Å²) in [7, 11) is 1.62. The molecule has 3 nitrogen and oxygen atoms in total. The van der Waals surface area contributed by atoms with Crippen LogP contribution in [0.1, 0.15) is 5.56 Å². The van der Waals surface area contributed by atoms with Crippen LogP contribution in [-0.4, -0.2) is 17.2 Å². The molecule has 0 radical (unpaired) electrons. The number of hydrogen-bond donors (Lipinski definition) is 1. The van der Waals surface area contributed by atoms with Crippen molar-refractivity contribution in [3.63, 3.8) is 0 Å². The summed E-state index contributed by atoms with van der Waals surface area (Å²) in [5.41, 5.74) is 2.61. The molecule has 1 heterocycles. The van der Waals surface area contributed by atoms with Crippen LogP contribution in [0.3, 0.4) is 0 Å². The number of aromatic nitrogens is 1. The zero-order valence-corrected chi connectivity index (χ0v) is 9.05. The van der Waals surface area contributed by atoms with Gasteiger partial charge in [-0.25, -0.2) is 0 Å². The van der Waals surface area contributed by atoms with E-state index >= 15 is 0 Å². The number of rotatable bonds is 3. The largest absolute Gasteiger partial charge is 0.497 e. The van der Waals surface area contributed by atoms with E-state index in [9.17, 15) is 5.11 Å². The van der Waals surface area contributed by atoms with Crippen molar-refractivity contribution < 1.29 is 9.84 Å². The summed E-state index contributed by atoms with van der Waals surface area (Å²) in [6.45, 7) is 0.00899. The molecule has 3 heteroatoms. The van der Waals surface area contributed by atoms with Crippen LogP contribution in [0.4, 0.5) is 0 Å². The van der Waals surface area contributed by atoms with Gasteiger partial charge in [-0.1, -0.05) is 24.3 Å². The summed E-state index contributed by atoms with van der Waals surface area (Å²) in [6.07, 6.45) is 1.70. The van der Waals surface area contributed by atoms with Gasteiger partial charge in [0.25, 0.3) is 0 Å². The highest BCUT2D eigenvalue weighted by atomic mass is 16.5. The Morgan fingerprint density at radius 1 is 1.25 bits per heavy atom. The summed E-state index contributed by atoms with van der Waals surface area (Å²) in [4.78, 5) is 4.28. The average molecular weight is 215 g/mol. The number of pyridine rings is 1. The quantitative estimate of drug-likeness (QED) is 0.853. The molecule has 0 saturated heterocycles. The maximum Gasteiger partial charge on any atom is 0.122 e. The van der Waals surface area contributed by atoms with E-state index < -0.39 is 0 Å². The lowest BCUT2D eigenvalue weighted by molar-refractivity contribution is 0.282. The highest BCUT2D eigenvalue weighted by Crippen LogP contribution is 2.24. The van der Waals surface area contributed by atoms with Gasteiger partial charge >= 0.3 is 0 Å². The normalized spacial score (nSPS) is 10.1. The van der Waals surface area contributed by atoms with Gasteiger partial charge in [0.15, 0.2) is 0 Å². The number of aliphatic hydroxyl groups is 1. The smallest absolute Gasteiger partial charge is 0.122 e. The van der Waals surface area contributed by atoms with Crippen molar-refractivity contribution in [3.05, 3.63) is 48.2 Å². The molecule has 82 valence electrons. The Hall–Kier alpha value is -1.87. The van der Waals surface area contributed by atoms with Gasteiger partial charge in [-0.15, -0.1) is 0 Å². The van der Waals surface area contributed by atoms with Crippen molar-refractivity contribution >= 4 is 0 Å². The van der Waals surface area contributed by atoms with E-state index in [4.69, 9.17) is 4.74 Å². The first-order valence-electron chi connectivity index (χ1n) is 5.04. The molecule has 0 aliphatic rings. The first kappa shape index (κ1) is 10.6. The minimum Gasteiger partial charge on any atom is -0.497 e. The Labute approximate surface area is 94.3 Å². The van der Waals surface area contributed by atoms with Crippen LogP contribution in [0.5, 0.6) is 5.75 Å². The molecule has 1 N–H and O–H groups in total. The topological polar surface area (TPSA) is 42.4 Å². The van der Waals surface area contributed by atoms with Crippen molar-refractivity contribution in [3.8, 4) is 17.0 Å². The SMILES string of the molecule is COc1ccnc(-c2ccccc2CO)c1. The Balaban J connectivity index is 2.49. The molecule has 0 aliphatic carbocycles. The molecule has 2 aromatic rings. The van der Waals surface area contributed by atoms with E-state index in [1.807, 2.05) is 30.3 Å². The fourth-order valence-electron chi connectivity index (χ4n) is 1.59. The van der Waals surface area contributed by atoms with E-state index in [1.165, 1.54) is 0 Å². The fourth-order valence-corrected chi connectivity index (χ4v) is 1.59. The van der Waals surface area contributed by atoms with Crippen LogP contribution in [0.25, 0.3) is 11.3 Å². The van der Waals surface area contributed by atoms with Crippen molar-refractivity contribution in [2.24, 2.45) is 0 Å². The lowest BCUT2D eigenvalue weighted by Gasteiger charge is -2.07. The summed E-state index contributed by atoms with van der Waals surface area (Å²) < 4.78 is 5.15. The van der Waals surface area contributed by atoms with Crippen molar-refractivity contribution in [2.45, 2.75) is 6.61 Å². The Bertz CT molecular complexity index is 483. The van der Waals surface area contributed by atoms with Gasteiger partial charge in [-0.2, -0.15) is 0 Å². The van der Waals surface area contributed by atoms with E-state index in [0.717, 1.165) is 22.6 Å². The molecule has 0 unspecified atom stereocenters. The molecule has 0 bridgehead atoms. The van der Waals surface area contributed by atoms with E-state index in [1.54, 1.807) is 19.4 Å². The molecule has 0 fully saturated rings. The van der Waals surface area contributed by atoms with Crippen LogP contribution in [0.15, 0.2) is 42.6 Å². The molecule has 0 aliphatic heterocycles. The highest BCUT2D eigenvalue weighted by Gasteiger charge is 2.05. The third kappa shape index (κ3) is 2.04. The minimum absolute atomic E-state index is 0.00899. The Morgan fingerprint density at radius 2 is 2.06 bits per heavy atom. The lowest BCUT2D eigenvalue weighted by atomic mass is 10.0. The van der Waals surface area contributed by atoms with Gasteiger partial charge < -0.3 is 9.84 Å². The second-order valence-electron chi connectivity index (χ2n) is 3.40. The first-order chi connectivity index (χ1) is 7.85. The van der Waals surface area contributed by atoms with Gasteiger partial charge in [0.1, 0.15) is 5.75 Å². The Kier molecular flexibility index (Phi) is 3.17. The van der Waals surface area contributed by atoms with Crippen molar-refractivity contribution in [1.29, 1.82) is 0 Å². The number of hydrogen-bond acceptors (Lipinski definition) is 3. The molecule has 1 aromatic heterocycles. The van der Waals surface area contributed by atoms with E-state index in [0.29, 0.717) is 0 Å². The number of ether oxygens (including phenoxy) is 1. The van der Waals surface area contributed by atoms with Crippen LogP contribution in [0, 0.1) is 0 Å². The number of benzene rings is 1.